The van der Waals surface area contributed by atoms with Gasteiger partial charge in [-0.25, -0.2) is 4.98 Å². The fraction of sp³-hybridized carbons (Fsp3) is 0.500. The number of aliphatic carboxylic acids is 1. The molecule has 0 aliphatic rings. The van der Waals surface area contributed by atoms with Crippen molar-refractivity contribution in [3.8, 4) is 0 Å². The minimum atomic E-state index is -0.911. The maximum atomic E-state index is 12.5. The number of aromatic nitrogens is 2. The molecule has 0 aromatic carbocycles. The van der Waals surface area contributed by atoms with Gasteiger partial charge >= 0.3 is 5.97 Å². The van der Waals surface area contributed by atoms with Crippen molar-refractivity contribution in [2.24, 2.45) is 0 Å². The Kier molecular flexibility index (Phi) is 4.23. The van der Waals surface area contributed by atoms with E-state index in [9.17, 15) is 9.59 Å². The SMILES string of the molecule is CCc1cc2c(=O)n(CCC(=O)O)c(C(C)C)nc2s1. The normalized spacial score (nSPS) is 11.4. The molecule has 0 spiro atoms. The predicted molar refractivity (Wildman–Crippen MR) is 79.6 cm³/mol. The summed E-state index contributed by atoms with van der Waals surface area (Å²) in [5, 5.41) is 9.42. The molecule has 2 heterocycles. The molecule has 2 rings (SSSR count). The number of thiophene rings is 1. The number of hydrogen-bond donors (Lipinski definition) is 1. The zero-order valence-corrected chi connectivity index (χ0v) is 12.7. The zero-order chi connectivity index (χ0) is 14.9. The van der Waals surface area contributed by atoms with Crippen LogP contribution in [-0.2, 0) is 17.8 Å². The van der Waals surface area contributed by atoms with Gasteiger partial charge in [0, 0.05) is 17.3 Å². The fourth-order valence-corrected chi connectivity index (χ4v) is 3.08. The highest BCUT2D eigenvalue weighted by molar-refractivity contribution is 7.18. The highest BCUT2D eigenvalue weighted by Gasteiger charge is 2.16. The third-order valence-electron chi connectivity index (χ3n) is 3.15. The molecule has 108 valence electrons. The van der Waals surface area contributed by atoms with Gasteiger partial charge in [0.05, 0.1) is 11.8 Å². The van der Waals surface area contributed by atoms with E-state index in [0.717, 1.165) is 16.1 Å². The Balaban J connectivity index is 2.62. The maximum Gasteiger partial charge on any atom is 0.305 e. The summed E-state index contributed by atoms with van der Waals surface area (Å²) in [6.07, 6.45) is 0.796. The lowest BCUT2D eigenvalue weighted by atomic mass is 10.2. The second kappa shape index (κ2) is 5.75. The van der Waals surface area contributed by atoms with Gasteiger partial charge in [-0.05, 0) is 12.5 Å². The van der Waals surface area contributed by atoms with Crippen LogP contribution in [0.5, 0.6) is 0 Å². The van der Waals surface area contributed by atoms with Crippen molar-refractivity contribution >= 4 is 27.5 Å². The summed E-state index contributed by atoms with van der Waals surface area (Å²) in [5.41, 5.74) is -0.129. The molecule has 0 aliphatic carbocycles. The van der Waals surface area contributed by atoms with Crippen molar-refractivity contribution in [3.05, 3.63) is 27.1 Å². The Morgan fingerprint density at radius 2 is 2.20 bits per heavy atom. The zero-order valence-electron chi connectivity index (χ0n) is 11.8. The highest BCUT2D eigenvalue weighted by Crippen LogP contribution is 2.24. The molecule has 5 nitrogen and oxygen atoms in total. The maximum absolute atomic E-state index is 12.5. The van der Waals surface area contributed by atoms with Crippen LogP contribution in [0.25, 0.3) is 10.2 Å². The van der Waals surface area contributed by atoms with Crippen molar-refractivity contribution in [1.82, 2.24) is 9.55 Å². The third kappa shape index (κ3) is 2.75. The van der Waals surface area contributed by atoms with Gasteiger partial charge in [0.25, 0.3) is 5.56 Å². The molecule has 0 saturated heterocycles. The Hall–Kier alpha value is -1.69. The summed E-state index contributed by atoms with van der Waals surface area (Å²) in [6.45, 7) is 6.12. The predicted octanol–water partition coefficient (Wildman–Crippen LogP) is 2.62. The first kappa shape index (κ1) is 14.7. The van der Waals surface area contributed by atoms with E-state index in [0.29, 0.717) is 11.2 Å². The molecule has 1 N–H and O–H groups in total. The fourth-order valence-electron chi connectivity index (χ4n) is 2.12. The van der Waals surface area contributed by atoms with E-state index in [1.165, 1.54) is 15.9 Å². The second-order valence-electron chi connectivity index (χ2n) is 5.01. The highest BCUT2D eigenvalue weighted by atomic mass is 32.1. The number of hydrogen-bond acceptors (Lipinski definition) is 4. The van der Waals surface area contributed by atoms with Crippen molar-refractivity contribution in [2.75, 3.05) is 0 Å². The van der Waals surface area contributed by atoms with Crippen LogP contribution < -0.4 is 5.56 Å². The summed E-state index contributed by atoms with van der Waals surface area (Å²) in [6, 6.07) is 1.87. The first-order valence-corrected chi connectivity index (χ1v) is 7.50. The molecule has 0 unspecified atom stereocenters. The summed E-state index contributed by atoms with van der Waals surface area (Å²) >= 11 is 1.54. The van der Waals surface area contributed by atoms with Gasteiger partial charge in [0.2, 0.25) is 0 Å². The van der Waals surface area contributed by atoms with Gasteiger partial charge in [0.15, 0.2) is 0 Å². The monoisotopic (exact) mass is 294 g/mol. The van der Waals surface area contributed by atoms with Gasteiger partial charge in [-0.2, -0.15) is 0 Å². The summed E-state index contributed by atoms with van der Waals surface area (Å²) in [5.74, 6) is -0.174. The number of rotatable bonds is 5. The average molecular weight is 294 g/mol. The lowest BCUT2D eigenvalue weighted by molar-refractivity contribution is -0.137. The van der Waals surface area contributed by atoms with Crippen molar-refractivity contribution < 1.29 is 9.90 Å². The number of nitrogens with zero attached hydrogens (tertiary/aromatic N) is 2. The van der Waals surface area contributed by atoms with E-state index in [1.807, 2.05) is 26.8 Å². The molecule has 2 aromatic heterocycles. The van der Waals surface area contributed by atoms with E-state index in [4.69, 9.17) is 5.11 Å². The Labute approximate surface area is 120 Å². The average Bonchev–Trinajstić information content (AvgIpc) is 2.80. The Bertz CT molecular complexity index is 700. The van der Waals surface area contributed by atoms with E-state index < -0.39 is 5.97 Å². The van der Waals surface area contributed by atoms with Crippen LogP contribution in [0.4, 0.5) is 0 Å². The molecule has 0 saturated carbocycles. The number of carbonyl (C=O) groups is 1. The molecular weight excluding hydrogens is 276 g/mol. The summed E-state index contributed by atoms with van der Waals surface area (Å²) in [7, 11) is 0. The number of aryl methyl sites for hydroxylation is 1. The summed E-state index contributed by atoms with van der Waals surface area (Å²) in [4.78, 5) is 29.7. The van der Waals surface area contributed by atoms with Gasteiger partial charge in [0.1, 0.15) is 10.7 Å². The van der Waals surface area contributed by atoms with E-state index in [-0.39, 0.29) is 24.4 Å². The molecule has 2 aromatic rings. The standard InChI is InChI=1S/C14H18N2O3S/c1-4-9-7-10-13(20-9)15-12(8(2)3)16(14(10)19)6-5-11(17)18/h7-8H,4-6H2,1-3H3,(H,17,18). The molecule has 20 heavy (non-hydrogen) atoms. The second-order valence-corrected chi connectivity index (χ2v) is 6.13. The Morgan fingerprint density at radius 3 is 2.75 bits per heavy atom. The minimum absolute atomic E-state index is 0.0718. The number of carboxylic acids is 1. The van der Waals surface area contributed by atoms with E-state index in [1.54, 1.807) is 0 Å². The van der Waals surface area contributed by atoms with Crippen LogP contribution in [0.3, 0.4) is 0 Å². The van der Waals surface area contributed by atoms with Crippen molar-refractivity contribution in [1.29, 1.82) is 0 Å². The van der Waals surface area contributed by atoms with Gasteiger partial charge in [-0.1, -0.05) is 20.8 Å². The molecule has 6 heteroatoms. The first-order valence-electron chi connectivity index (χ1n) is 6.69. The smallest absolute Gasteiger partial charge is 0.305 e. The van der Waals surface area contributed by atoms with Crippen LogP contribution in [-0.4, -0.2) is 20.6 Å². The lowest BCUT2D eigenvalue weighted by Gasteiger charge is -2.13. The topological polar surface area (TPSA) is 72.2 Å². The van der Waals surface area contributed by atoms with Crippen LogP contribution in [0.1, 0.15) is 43.8 Å². The quantitative estimate of drug-likeness (QED) is 0.920. The van der Waals surface area contributed by atoms with Gasteiger partial charge in [-0.3, -0.25) is 14.2 Å². The molecule has 0 atom stereocenters. The van der Waals surface area contributed by atoms with E-state index in [2.05, 4.69) is 4.98 Å². The van der Waals surface area contributed by atoms with Crippen molar-refractivity contribution in [2.45, 2.75) is 46.1 Å². The van der Waals surface area contributed by atoms with Crippen LogP contribution in [0, 0.1) is 0 Å². The number of fused-ring (bicyclic) bond motifs is 1. The minimum Gasteiger partial charge on any atom is -0.481 e. The van der Waals surface area contributed by atoms with Crippen LogP contribution >= 0.6 is 11.3 Å². The van der Waals surface area contributed by atoms with Crippen molar-refractivity contribution in [3.63, 3.8) is 0 Å². The first-order chi connectivity index (χ1) is 9.43. The van der Waals surface area contributed by atoms with Crippen LogP contribution in [0.15, 0.2) is 10.9 Å². The third-order valence-corrected chi connectivity index (χ3v) is 4.32. The summed E-state index contributed by atoms with van der Waals surface area (Å²) < 4.78 is 1.51. The number of carboxylic acid groups (broad SMARTS) is 1. The molecule has 0 bridgehead atoms. The van der Waals surface area contributed by atoms with Gasteiger partial charge < -0.3 is 5.11 Å². The van der Waals surface area contributed by atoms with Gasteiger partial charge in [-0.15, -0.1) is 11.3 Å². The lowest BCUT2D eigenvalue weighted by Crippen LogP contribution is -2.26. The molecule has 0 fully saturated rings. The van der Waals surface area contributed by atoms with Crippen LogP contribution in [0.2, 0.25) is 0 Å². The molecule has 0 radical (unpaired) electrons. The molecule has 0 amide bonds. The Morgan fingerprint density at radius 1 is 1.50 bits per heavy atom. The largest absolute Gasteiger partial charge is 0.481 e. The molecule has 0 aliphatic heterocycles. The van der Waals surface area contributed by atoms with E-state index >= 15 is 0 Å². The molecular formula is C14H18N2O3S.